The maximum absolute atomic E-state index is 13.6. The molecule has 1 atom stereocenters. The first-order valence-corrected chi connectivity index (χ1v) is 13.8. The predicted molar refractivity (Wildman–Crippen MR) is 135 cm³/mol. The maximum Gasteiger partial charge on any atom is 0.274 e. The second-order valence-electron chi connectivity index (χ2n) is 9.60. The van der Waals surface area contributed by atoms with E-state index in [9.17, 15) is 13.4 Å². The van der Waals surface area contributed by atoms with Crippen molar-refractivity contribution in [3.8, 4) is 16.9 Å². The second-order valence-corrected chi connectivity index (χ2v) is 11.0. The Hall–Kier alpha value is -2.88. The Balaban J connectivity index is 1.42. The van der Waals surface area contributed by atoms with Gasteiger partial charge in [-0.1, -0.05) is 30.3 Å². The summed E-state index contributed by atoms with van der Waals surface area (Å²) in [6, 6.07) is 15.8. The minimum absolute atomic E-state index is 0.144. The number of carbonyl (C=O) groups excluding carboxylic acids is 1. The number of rotatable bonds is 4. The summed E-state index contributed by atoms with van der Waals surface area (Å²) >= 11 is 0. The van der Waals surface area contributed by atoms with E-state index in [0.29, 0.717) is 44.8 Å². The lowest BCUT2D eigenvalue weighted by Gasteiger charge is -2.28. The van der Waals surface area contributed by atoms with Gasteiger partial charge in [-0.05, 0) is 36.6 Å². The van der Waals surface area contributed by atoms with Crippen molar-refractivity contribution in [3.63, 3.8) is 0 Å². The Morgan fingerprint density at radius 3 is 2.64 bits per heavy atom. The minimum Gasteiger partial charge on any atom is -0.378 e. The molecule has 9 heteroatoms. The molecule has 1 unspecified atom stereocenters. The number of alkyl halides is 1. The van der Waals surface area contributed by atoms with Crippen LogP contribution in [0.5, 0.6) is 0 Å². The predicted octanol–water partition coefficient (Wildman–Crippen LogP) is 3.57. The van der Waals surface area contributed by atoms with Gasteiger partial charge in [0.25, 0.3) is 5.91 Å². The van der Waals surface area contributed by atoms with Crippen LogP contribution in [0, 0.1) is 0 Å². The first kappa shape index (κ1) is 23.5. The van der Waals surface area contributed by atoms with Crippen LogP contribution in [-0.2, 0) is 27.8 Å². The number of carbonyl (C=O) groups is 1. The zero-order valence-corrected chi connectivity index (χ0v) is 20.9. The highest BCUT2D eigenvalue weighted by atomic mass is 32.2. The smallest absolute Gasteiger partial charge is 0.274 e. The molecule has 3 aromatic rings. The number of ether oxygens (including phenoxy) is 1. The van der Waals surface area contributed by atoms with Gasteiger partial charge in [-0.25, -0.2) is 9.07 Å². The molecular formula is C27H29FN4O3S. The first-order valence-electron chi connectivity index (χ1n) is 12.5. The van der Waals surface area contributed by atoms with Gasteiger partial charge < -0.3 is 9.64 Å². The van der Waals surface area contributed by atoms with E-state index in [2.05, 4.69) is 17.0 Å². The van der Waals surface area contributed by atoms with Crippen molar-refractivity contribution in [2.45, 2.75) is 36.2 Å². The molecule has 7 nitrogen and oxygen atoms in total. The van der Waals surface area contributed by atoms with Crippen molar-refractivity contribution in [2.75, 3.05) is 39.4 Å². The molecule has 0 saturated carbocycles. The molecule has 1 amide bonds. The zero-order chi connectivity index (χ0) is 24.6. The normalized spacial score (nSPS) is 20.7. The van der Waals surface area contributed by atoms with Crippen molar-refractivity contribution in [3.05, 3.63) is 65.4 Å². The fraction of sp³-hybridized carbons (Fsp3) is 0.407. The lowest BCUT2D eigenvalue weighted by molar-refractivity contribution is 0.0298. The third kappa shape index (κ3) is 4.40. The maximum atomic E-state index is 13.6. The molecule has 2 aromatic carbocycles. The quantitative estimate of drug-likeness (QED) is 0.539. The standard InChI is InChI=1S/C27H29FN4O3S/c28-20-8-10-30(11-9-20)17-19-4-3-5-21(16-19)32-26-22-6-1-2-7-24(22)36(34)18-23(26)25(29-32)27(33)31-12-14-35-15-13-31/h1-7,16,20H,8-15,17-18H2. The fourth-order valence-corrected chi connectivity index (χ4v) is 6.64. The summed E-state index contributed by atoms with van der Waals surface area (Å²) in [5.41, 5.74) is 4.75. The number of aromatic nitrogens is 2. The van der Waals surface area contributed by atoms with Gasteiger partial charge in [0.2, 0.25) is 0 Å². The van der Waals surface area contributed by atoms with Crippen LogP contribution in [0.4, 0.5) is 4.39 Å². The molecule has 1 aromatic heterocycles. The van der Waals surface area contributed by atoms with Crippen molar-refractivity contribution >= 4 is 16.7 Å². The van der Waals surface area contributed by atoms with Gasteiger partial charge in [0.05, 0.1) is 41.1 Å². The molecule has 36 heavy (non-hydrogen) atoms. The molecule has 188 valence electrons. The van der Waals surface area contributed by atoms with Crippen LogP contribution >= 0.6 is 0 Å². The van der Waals surface area contributed by atoms with E-state index in [0.717, 1.165) is 52.6 Å². The van der Waals surface area contributed by atoms with E-state index in [4.69, 9.17) is 9.84 Å². The third-order valence-electron chi connectivity index (χ3n) is 7.23. The van der Waals surface area contributed by atoms with Crippen molar-refractivity contribution in [2.24, 2.45) is 0 Å². The van der Waals surface area contributed by atoms with Crippen LogP contribution in [0.15, 0.2) is 53.4 Å². The summed E-state index contributed by atoms with van der Waals surface area (Å²) in [4.78, 5) is 18.4. The molecular weight excluding hydrogens is 479 g/mol. The average Bonchev–Trinajstić information content (AvgIpc) is 3.30. The number of halogens is 1. The highest BCUT2D eigenvalue weighted by Gasteiger charge is 2.34. The summed E-state index contributed by atoms with van der Waals surface area (Å²) < 4.78 is 34.0. The molecule has 3 aliphatic rings. The number of hydrogen-bond donors (Lipinski definition) is 0. The van der Waals surface area contributed by atoms with Crippen LogP contribution in [0.2, 0.25) is 0 Å². The van der Waals surface area contributed by atoms with Crippen LogP contribution in [0.3, 0.4) is 0 Å². The first-order chi connectivity index (χ1) is 17.6. The Morgan fingerprint density at radius 1 is 1.06 bits per heavy atom. The molecule has 0 N–H and O–H groups in total. The van der Waals surface area contributed by atoms with Crippen LogP contribution in [0.1, 0.15) is 34.5 Å². The number of nitrogens with zero attached hydrogens (tertiary/aromatic N) is 4. The summed E-state index contributed by atoms with van der Waals surface area (Å²) in [5, 5.41) is 4.86. The van der Waals surface area contributed by atoms with Crippen LogP contribution in [0.25, 0.3) is 16.9 Å². The van der Waals surface area contributed by atoms with Gasteiger partial charge in [0.15, 0.2) is 5.69 Å². The fourth-order valence-electron chi connectivity index (χ4n) is 5.31. The number of piperidine rings is 1. The Labute approximate surface area is 212 Å². The second kappa shape index (κ2) is 9.88. The summed E-state index contributed by atoms with van der Waals surface area (Å²) in [6.07, 6.45) is 0.455. The van der Waals surface area contributed by atoms with Crippen LogP contribution < -0.4 is 0 Å². The molecule has 2 saturated heterocycles. The number of morpholine rings is 1. The number of likely N-dealkylation sites (tertiary alicyclic amines) is 1. The summed E-state index contributed by atoms with van der Waals surface area (Å²) in [5.74, 6) is 0.116. The number of benzene rings is 2. The molecule has 0 spiro atoms. The van der Waals surface area contributed by atoms with E-state index < -0.39 is 17.0 Å². The number of fused-ring (bicyclic) bond motifs is 3. The van der Waals surface area contributed by atoms with Crippen molar-refractivity contribution in [1.29, 1.82) is 0 Å². The van der Waals surface area contributed by atoms with Crippen molar-refractivity contribution in [1.82, 2.24) is 19.6 Å². The molecule has 0 aliphatic carbocycles. The number of amides is 1. The largest absolute Gasteiger partial charge is 0.378 e. The highest BCUT2D eigenvalue weighted by Crippen LogP contribution is 2.39. The summed E-state index contributed by atoms with van der Waals surface area (Å²) in [7, 11) is -1.25. The third-order valence-corrected chi connectivity index (χ3v) is 8.62. The summed E-state index contributed by atoms with van der Waals surface area (Å²) in [6.45, 7) is 4.29. The van der Waals surface area contributed by atoms with Gasteiger partial charge in [-0.15, -0.1) is 0 Å². The lowest BCUT2D eigenvalue weighted by Crippen LogP contribution is -2.41. The van der Waals surface area contributed by atoms with E-state index in [1.807, 2.05) is 41.1 Å². The molecule has 0 radical (unpaired) electrons. The number of hydrogen-bond acceptors (Lipinski definition) is 5. The van der Waals surface area contributed by atoms with Crippen molar-refractivity contribution < 1.29 is 18.1 Å². The zero-order valence-electron chi connectivity index (χ0n) is 20.1. The van der Waals surface area contributed by atoms with E-state index in [-0.39, 0.29) is 11.7 Å². The van der Waals surface area contributed by atoms with E-state index >= 15 is 0 Å². The van der Waals surface area contributed by atoms with Crippen LogP contribution in [-0.4, -0.2) is 75.3 Å². The van der Waals surface area contributed by atoms with Gasteiger partial charge in [-0.2, -0.15) is 5.10 Å². The average molecular weight is 509 g/mol. The van der Waals surface area contributed by atoms with E-state index in [1.54, 1.807) is 4.90 Å². The molecule has 2 fully saturated rings. The van der Waals surface area contributed by atoms with Gasteiger partial charge in [0, 0.05) is 48.7 Å². The molecule has 3 aliphatic heterocycles. The Kier molecular flexibility index (Phi) is 6.45. The topological polar surface area (TPSA) is 67.7 Å². The van der Waals surface area contributed by atoms with Gasteiger partial charge in [-0.3, -0.25) is 13.9 Å². The van der Waals surface area contributed by atoms with E-state index in [1.165, 1.54) is 0 Å². The lowest BCUT2D eigenvalue weighted by atomic mass is 10.0. The molecule has 6 rings (SSSR count). The SMILES string of the molecule is O=C(c1nn(-c2cccc(CN3CCC(F)CC3)c2)c2c1CS(=O)c1ccccc1-2)N1CCOCC1. The Bertz CT molecular complexity index is 1310. The minimum atomic E-state index is -1.25. The molecule has 4 heterocycles. The van der Waals surface area contributed by atoms with Gasteiger partial charge >= 0.3 is 0 Å². The van der Waals surface area contributed by atoms with Gasteiger partial charge in [0.1, 0.15) is 6.17 Å². The molecule has 0 bridgehead atoms. The monoisotopic (exact) mass is 508 g/mol. The highest BCUT2D eigenvalue weighted by molar-refractivity contribution is 7.84. The Morgan fingerprint density at radius 2 is 1.83 bits per heavy atom.